The standard InChI is InChI=1S/C12H20N4O/c1-7-4-10(7)5-14-11(17)6-16-9(3)12(13)8(2)15-16/h7,10H,4-6,13H2,1-3H3,(H,14,17). The van der Waals surface area contributed by atoms with Crippen LogP contribution in [0.15, 0.2) is 0 Å². The number of nitrogen functional groups attached to an aromatic ring is 1. The van der Waals surface area contributed by atoms with Gasteiger partial charge in [-0.3, -0.25) is 9.48 Å². The largest absolute Gasteiger partial charge is 0.396 e. The van der Waals surface area contributed by atoms with Crippen molar-refractivity contribution in [2.24, 2.45) is 11.8 Å². The molecule has 5 heteroatoms. The van der Waals surface area contributed by atoms with E-state index in [1.54, 1.807) is 4.68 Å². The number of nitrogens with two attached hydrogens (primary N) is 1. The third-order valence-electron chi connectivity index (χ3n) is 3.57. The molecular weight excluding hydrogens is 216 g/mol. The number of hydrogen-bond acceptors (Lipinski definition) is 3. The molecule has 1 saturated carbocycles. The first-order valence-corrected chi connectivity index (χ1v) is 6.05. The third-order valence-corrected chi connectivity index (χ3v) is 3.57. The van der Waals surface area contributed by atoms with Crippen LogP contribution in [0.2, 0.25) is 0 Å². The Morgan fingerprint density at radius 1 is 1.59 bits per heavy atom. The van der Waals surface area contributed by atoms with E-state index < -0.39 is 0 Å². The van der Waals surface area contributed by atoms with Gasteiger partial charge in [-0.1, -0.05) is 6.92 Å². The van der Waals surface area contributed by atoms with E-state index >= 15 is 0 Å². The molecule has 1 aliphatic carbocycles. The summed E-state index contributed by atoms with van der Waals surface area (Å²) in [6, 6.07) is 0. The Labute approximate surface area is 101 Å². The highest BCUT2D eigenvalue weighted by Gasteiger charge is 2.32. The molecule has 1 aromatic rings. The van der Waals surface area contributed by atoms with E-state index in [-0.39, 0.29) is 12.5 Å². The average molecular weight is 236 g/mol. The van der Waals surface area contributed by atoms with Gasteiger partial charge in [0, 0.05) is 6.54 Å². The molecule has 2 atom stereocenters. The Kier molecular flexibility index (Phi) is 3.09. The number of nitrogens with one attached hydrogen (secondary N) is 1. The highest BCUT2D eigenvalue weighted by Crippen LogP contribution is 2.36. The molecule has 0 aromatic carbocycles. The van der Waals surface area contributed by atoms with Crippen LogP contribution in [0.1, 0.15) is 24.7 Å². The van der Waals surface area contributed by atoms with Crippen LogP contribution in [-0.2, 0) is 11.3 Å². The molecule has 2 unspecified atom stereocenters. The zero-order valence-corrected chi connectivity index (χ0v) is 10.7. The summed E-state index contributed by atoms with van der Waals surface area (Å²) in [6.45, 7) is 6.98. The molecule has 3 N–H and O–H groups in total. The molecule has 0 saturated heterocycles. The minimum absolute atomic E-state index is 0.00898. The second kappa shape index (κ2) is 4.39. The van der Waals surface area contributed by atoms with Crippen molar-refractivity contribution in [3.05, 3.63) is 11.4 Å². The molecule has 5 nitrogen and oxygen atoms in total. The molecule has 1 aliphatic rings. The van der Waals surface area contributed by atoms with Crippen molar-refractivity contribution in [2.45, 2.75) is 33.7 Å². The van der Waals surface area contributed by atoms with Gasteiger partial charge in [-0.05, 0) is 32.1 Å². The first kappa shape index (κ1) is 12.0. The molecule has 2 rings (SSSR count). The van der Waals surface area contributed by atoms with E-state index in [9.17, 15) is 4.79 Å². The lowest BCUT2D eigenvalue weighted by Gasteiger charge is -2.06. The predicted molar refractivity (Wildman–Crippen MR) is 66.4 cm³/mol. The maximum absolute atomic E-state index is 11.7. The SMILES string of the molecule is Cc1nn(CC(=O)NCC2CC2C)c(C)c1N. The summed E-state index contributed by atoms with van der Waals surface area (Å²) in [6.07, 6.45) is 1.23. The van der Waals surface area contributed by atoms with Crippen LogP contribution in [0, 0.1) is 25.7 Å². The first-order chi connectivity index (χ1) is 7.99. The van der Waals surface area contributed by atoms with Gasteiger partial charge in [-0.15, -0.1) is 0 Å². The van der Waals surface area contributed by atoms with Gasteiger partial charge in [0.25, 0.3) is 0 Å². The Bertz CT molecular complexity index is 438. The summed E-state index contributed by atoms with van der Waals surface area (Å²) in [5.41, 5.74) is 8.13. The molecule has 1 fully saturated rings. The van der Waals surface area contributed by atoms with Crippen LogP contribution in [0.25, 0.3) is 0 Å². The quantitative estimate of drug-likeness (QED) is 0.814. The molecule has 1 amide bonds. The molecule has 0 radical (unpaired) electrons. The van der Waals surface area contributed by atoms with Gasteiger partial charge in [-0.2, -0.15) is 5.10 Å². The van der Waals surface area contributed by atoms with E-state index in [0.717, 1.165) is 23.9 Å². The number of hydrogen-bond donors (Lipinski definition) is 2. The Balaban J connectivity index is 1.87. The second-order valence-electron chi connectivity index (χ2n) is 5.02. The van der Waals surface area contributed by atoms with Gasteiger partial charge < -0.3 is 11.1 Å². The predicted octanol–water partition coefficient (Wildman–Crippen LogP) is 0.854. The molecule has 0 bridgehead atoms. The third kappa shape index (κ3) is 2.60. The number of aryl methyl sites for hydroxylation is 1. The summed E-state index contributed by atoms with van der Waals surface area (Å²) in [4.78, 5) is 11.7. The molecule has 0 aliphatic heterocycles. The average Bonchev–Trinajstić information content (AvgIpc) is 2.94. The number of rotatable bonds is 4. The van der Waals surface area contributed by atoms with Crippen LogP contribution >= 0.6 is 0 Å². The van der Waals surface area contributed by atoms with Gasteiger partial charge in [0.2, 0.25) is 5.91 Å². The molecule has 1 aromatic heterocycles. The van der Waals surface area contributed by atoms with Crippen LogP contribution in [0.5, 0.6) is 0 Å². The molecule has 0 spiro atoms. The number of amides is 1. The smallest absolute Gasteiger partial charge is 0.241 e. The minimum Gasteiger partial charge on any atom is -0.396 e. The Morgan fingerprint density at radius 3 is 2.71 bits per heavy atom. The van der Waals surface area contributed by atoms with Crippen molar-refractivity contribution < 1.29 is 4.79 Å². The van der Waals surface area contributed by atoms with E-state index in [1.807, 2.05) is 13.8 Å². The van der Waals surface area contributed by atoms with Crippen LogP contribution < -0.4 is 11.1 Å². The maximum atomic E-state index is 11.7. The highest BCUT2D eigenvalue weighted by molar-refractivity contribution is 5.76. The van der Waals surface area contributed by atoms with E-state index in [0.29, 0.717) is 11.6 Å². The first-order valence-electron chi connectivity index (χ1n) is 6.05. The lowest BCUT2D eigenvalue weighted by Crippen LogP contribution is -2.30. The summed E-state index contributed by atoms with van der Waals surface area (Å²) in [7, 11) is 0. The molecule has 94 valence electrons. The van der Waals surface area contributed by atoms with Gasteiger partial charge >= 0.3 is 0 Å². The lowest BCUT2D eigenvalue weighted by molar-refractivity contribution is -0.121. The number of carbonyl (C=O) groups is 1. The van der Waals surface area contributed by atoms with Gasteiger partial charge in [-0.25, -0.2) is 0 Å². The van der Waals surface area contributed by atoms with Crippen molar-refractivity contribution in [1.29, 1.82) is 0 Å². The van der Waals surface area contributed by atoms with E-state index in [1.165, 1.54) is 6.42 Å². The topological polar surface area (TPSA) is 72.9 Å². The van der Waals surface area contributed by atoms with Gasteiger partial charge in [0.1, 0.15) is 6.54 Å². The molecule has 1 heterocycles. The number of nitrogens with zero attached hydrogens (tertiary/aromatic N) is 2. The van der Waals surface area contributed by atoms with Crippen LogP contribution in [0.3, 0.4) is 0 Å². The highest BCUT2D eigenvalue weighted by atomic mass is 16.2. The van der Waals surface area contributed by atoms with Crippen molar-refractivity contribution >= 4 is 11.6 Å². The van der Waals surface area contributed by atoms with Crippen molar-refractivity contribution in [1.82, 2.24) is 15.1 Å². The van der Waals surface area contributed by atoms with E-state index in [4.69, 9.17) is 5.73 Å². The van der Waals surface area contributed by atoms with Crippen LogP contribution in [0.4, 0.5) is 5.69 Å². The zero-order chi connectivity index (χ0) is 12.6. The Hall–Kier alpha value is -1.52. The summed E-state index contributed by atoms with van der Waals surface area (Å²) >= 11 is 0. The van der Waals surface area contributed by atoms with Crippen molar-refractivity contribution in [3.63, 3.8) is 0 Å². The maximum Gasteiger partial charge on any atom is 0.241 e. The number of anilines is 1. The van der Waals surface area contributed by atoms with Crippen molar-refractivity contribution in [2.75, 3.05) is 12.3 Å². The van der Waals surface area contributed by atoms with Gasteiger partial charge in [0.05, 0.1) is 17.1 Å². The van der Waals surface area contributed by atoms with Crippen LogP contribution in [-0.4, -0.2) is 22.2 Å². The monoisotopic (exact) mass is 236 g/mol. The normalized spacial score (nSPS) is 22.5. The minimum atomic E-state index is 0.00898. The lowest BCUT2D eigenvalue weighted by atomic mass is 10.3. The molecular formula is C12H20N4O. The fourth-order valence-electron chi connectivity index (χ4n) is 1.99. The fraction of sp³-hybridized carbons (Fsp3) is 0.667. The number of aromatic nitrogens is 2. The van der Waals surface area contributed by atoms with E-state index in [2.05, 4.69) is 17.3 Å². The summed E-state index contributed by atoms with van der Waals surface area (Å²) < 4.78 is 1.66. The fourth-order valence-corrected chi connectivity index (χ4v) is 1.99. The second-order valence-corrected chi connectivity index (χ2v) is 5.02. The number of carbonyl (C=O) groups excluding carboxylic acids is 1. The zero-order valence-electron chi connectivity index (χ0n) is 10.7. The van der Waals surface area contributed by atoms with Crippen molar-refractivity contribution in [3.8, 4) is 0 Å². The summed E-state index contributed by atoms with van der Waals surface area (Å²) in [5.74, 6) is 1.44. The van der Waals surface area contributed by atoms with Gasteiger partial charge in [0.15, 0.2) is 0 Å². The molecule has 17 heavy (non-hydrogen) atoms. The Morgan fingerprint density at radius 2 is 2.24 bits per heavy atom. The summed E-state index contributed by atoms with van der Waals surface area (Å²) in [5, 5.41) is 7.18.